The molecule has 1 fully saturated rings. The molecule has 8 heteroatoms. The monoisotopic (exact) mass is 405 g/mol. The molecule has 0 N–H and O–H groups in total. The molecule has 1 unspecified atom stereocenters. The topological polar surface area (TPSA) is 74.9 Å². The van der Waals surface area contributed by atoms with E-state index in [2.05, 4.69) is 25.9 Å². The van der Waals surface area contributed by atoms with Crippen molar-refractivity contribution in [3.63, 3.8) is 0 Å². The van der Waals surface area contributed by atoms with Crippen molar-refractivity contribution in [1.29, 1.82) is 5.26 Å². The predicted octanol–water partition coefficient (Wildman–Crippen LogP) is 0.365. The van der Waals surface area contributed by atoms with Gasteiger partial charge in [-0.3, -0.25) is 0 Å². The number of hydrogen-bond donors (Lipinski definition) is 0. The summed E-state index contributed by atoms with van der Waals surface area (Å²) >= 11 is 0.797. The van der Waals surface area contributed by atoms with E-state index in [4.69, 9.17) is 10.00 Å². The zero-order valence-electron chi connectivity index (χ0n) is 13.7. The van der Waals surface area contributed by atoms with Crippen molar-refractivity contribution in [2.75, 3.05) is 26.2 Å². The number of piperidine rings is 1. The standard InChI is InChI=1S/C16H20AsN5OS/c1-12-20-14(17-16-19-11-13(10-18)24-16)9-15(21-12)23-8-7-22-5-3-2-4-6-22/h9,11,17H,2-8H2,1H3. The van der Waals surface area contributed by atoms with Crippen molar-refractivity contribution in [2.45, 2.75) is 26.2 Å². The number of ether oxygens (including phenoxy) is 1. The quantitative estimate of drug-likeness (QED) is 0.647. The van der Waals surface area contributed by atoms with E-state index in [1.807, 2.05) is 13.0 Å². The van der Waals surface area contributed by atoms with Crippen molar-refractivity contribution in [3.8, 4) is 11.9 Å². The summed E-state index contributed by atoms with van der Waals surface area (Å²) in [5.74, 6) is 1.37. The molecule has 0 aromatic carbocycles. The van der Waals surface area contributed by atoms with E-state index in [1.165, 1.54) is 43.7 Å². The molecule has 0 aliphatic carbocycles. The molecule has 3 rings (SSSR count). The Kier molecular flexibility index (Phi) is 6.19. The fourth-order valence-electron chi connectivity index (χ4n) is 2.63. The van der Waals surface area contributed by atoms with Gasteiger partial charge in [0.15, 0.2) is 0 Å². The van der Waals surface area contributed by atoms with Gasteiger partial charge >= 0.3 is 153 Å². The van der Waals surface area contributed by atoms with Gasteiger partial charge in [-0.1, -0.05) is 0 Å². The van der Waals surface area contributed by atoms with Crippen LogP contribution in [0.2, 0.25) is 0 Å². The van der Waals surface area contributed by atoms with Gasteiger partial charge in [0, 0.05) is 0 Å². The van der Waals surface area contributed by atoms with Crippen LogP contribution < -0.4 is 13.0 Å². The van der Waals surface area contributed by atoms with Crippen LogP contribution in [-0.2, 0) is 0 Å². The summed E-state index contributed by atoms with van der Waals surface area (Å²) in [6.45, 7) is 5.85. The Balaban J connectivity index is 1.57. The molecule has 126 valence electrons. The van der Waals surface area contributed by atoms with E-state index < -0.39 is 15.8 Å². The first-order chi connectivity index (χ1) is 11.7. The molecule has 0 saturated carbocycles. The second-order valence-electron chi connectivity index (χ2n) is 5.66. The van der Waals surface area contributed by atoms with Crippen LogP contribution in [0.15, 0.2) is 12.3 Å². The molecule has 2 aromatic rings. The van der Waals surface area contributed by atoms with Crippen molar-refractivity contribution < 1.29 is 4.74 Å². The molecule has 0 bridgehead atoms. The van der Waals surface area contributed by atoms with Gasteiger partial charge in [-0.15, -0.1) is 0 Å². The molecule has 0 radical (unpaired) electrons. The maximum atomic E-state index is 8.89. The van der Waals surface area contributed by atoms with Crippen molar-refractivity contribution in [1.82, 2.24) is 19.9 Å². The molecule has 1 atom stereocenters. The summed E-state index contributed by atoms with van der Waals surface area (Å²) in [5.41, 5.74) is 0. The van der Waals surface area contributed by atoms with Crippen molar-refractivity contribution in [2.24, 2.45) is 0 Å². The van der Waals surface area contributed by atoms with Gasteiger partial charge in [-0.2, -0.15) is 0 Å². The number of thiazole rings is 1. The molecule has 0 spiro atoms. The first kappa shape index (κ1) is 17.3. The SMILES string of the molecule is Cc1nc(OCCN2CCCCC2)cc([AsH]c2ncc(C#N)s2)n1. The first-order valence-corrected chi connectivity index (χ1v) is 11.0. The summed E-state index contributed by atoms with van der Waals surface area (Å²) in [6, 6.07) is 4.06. The third-order valence-electron chi connectivity index (χ3n) is 3.77. The van der Waals surface area contributed by atoms with Gasteiger partial charge in [-0.05, 0) is 0 Å². The number of rotatable bonds is 6. The first-order valence-electron chi connectivity index (χ1n) is 8.07. The van der Waals surface area contributed by atoms with E-state index in [-0.39, 0.29) is 0 Å². The molecule has 24 heavy (non-hydrogen) atoms. The second kappa shape index (κ2) is 8.57. The Morgan fingerprint density at radius 2 is 2.17 bits per heavy atom. The summed E-state index contributed by atoms with van der Waals surface area (Å²) in [6.07, 6.45) is 5.56. The van der Waals surface area contributed by atoms with Gasteiger partial charge in [0.05, 0.1) is 0 Å². The molecular formula is C16H20AsN5OS. The fourth-order valence-corrected chi connectivity index (χ4v) is 6.30. The Bertz CT molecular complexity index is 723. The molecule has 1 saturated heterocycles. The van der Waals surface area contributed by atoms with Crippen LogP contribution in [0.3, 0.4) is 0 Å². The van der Waals surface area contributed by atoms with E-state index in [0.29, 0.717) is 17.4 Å². The predicted molar refractivity (Wildman–Crippen MR) is 95.8 cm³/mol. The number of nitriles is 1. The Morgan fingerprint density at radius 1 is 1.33 bits per heavy atom. The number of aromatic nitrogens is 3. The normalized spacial score (nSPS) is 15.7. The van der Waals surface area contributed by atoms with E-state index >= 15 is 0 Å². The number of hydrogen-bond acceptors (Lipinski definition) is 7. The summed E-state index contributed by atoms with van der Waals surface area (Å²) < 4.78 is 7.85. The van der Waals surface area contributed by atoms with Crippen LogP contribution in [0, 0.1) is 18.3 Å². The van der Waals surface area contributed by atoms with Crippen LogP contribution in [0.25, 0.3) is 0 Å². The van der Waals surface area contributed by atoms with Crippen molar-refractivity contribution in [3.05, 3.63) is 23.0 Å². The Labute approximate surface area is 152 Å². The van der Waals surface area contributed by atoms with Crippen LogP contribution in [0.5, 0.6) is 5.88 Å². The zero-order valence-corrected chi connectivity index (χ0v) is 16.6. The van der Waals surface area contributed by atoms with Crippen LogP contribution >= 0.6 is 11.3 Å². The molecule has 0 amide bonds. The average molecular weight is 405 g/mol. The summed E-state index contributed by atoms with van der Waals surface area (Å²) in [7, 11) is 0. The van der Waals surface area contributed by atoms with Gasteiger partial charge in [0.2, 0.25) is 0 Å². The molecule has 1 aliphatic heterocycles. The van der Waals surface area contributed by atoms with Gasteiger partial charge in [0.1, 0.15) is 0 Å². The fraction of sp³-hybridized carbons (Fsp3) is 0.500. The van der Waals surface area contributed by atoms with Crippen molar-refractivity contribution >= 4 is 35.4 Å². The minimum atomic E-state index is -0.654. The van der Waals surface area contributed by atoms with Crippen LogP contribution in [0.1, 0.15) is 30.0 Å². The Hall–Kier alpha value is -1.48. The summed E-state index contributed by atoms with van der Waals surface area (Å²) in [5, 5.41) is 8.89. The number of likely N-dealkylation sites (tertiary alicyclic amines) is 1. The van der Waals surface area contributed by atoms with Gasteiger partial charge < -0.3 is 0 Å². The molecular weight excluding hydrogens is 385 g/mol. The molecule has 2 aromatic heterocycles. The molecule has 1 aliphatic rings. The van der Waals surface area contributed by atoms with Crippen LogP contribution in [0.4, 0.5) is 0 Å². The molecule has 3 heterocycles. The Morgan fingerprint density at radius 3 is 2.92 bits per heavy atom. The minimum absolute atomic E-state index is 0.648. The molecule has 6 nitrogen and oxygen atoms in total. The van der Waals surface area contributed by atoms with Gasteiger partial charge in [0.25, 0.3) is 0 Å². The second-order valence-corrected chi connectivity index (χ2v) is 10.0. The third-order valence-corrected chi connectivity index (χ3v) is 7.45. The van der Waals surface area contributed by atoms with E-state index in [0.717, 1.165) is 20.6 Å². The van der Waals surface area contributed by atoms with E-state index in [1.54, 1.807) is 6.20 Å². The average Bonchev–Trinajstić information content (AvgIpc) is 3.03. The number of aryl methyl sites for hydroxylation is 1. The number of nitrogens with zero attached hydrogens (tertiary/aromatic N) is 5. The van der Waals surface area contributed by atoms with Crippen LogP contribution in [-0.4, -0.2) is 61.8 Å². The zero-order chi connectivity index (χ0) is 16.8. The van der Waals surface area contributed by atoms with Gasteiger partial charge in [-0.25, -0.2) is 0 Å². The maximum absolute atomic E-state index is 8.89. The summed E-state index contributed by atoms with van der Waals surface area (Å²) in [4.78, 5) is 16.3. The third kappa shape index (κ3) is 5.01. The van der Waals surface area contributed by atoms with E-state index in [9.17, 15) is 0 Å².